The number of hydrogen-bond donors (Lipinski definition) is 3. The van der Waals surface area contributed by atoms with E-state index in [0.717, 1.165) is 0 Å². The molecule has 0 saturated carbocycles. The van der Waals surface area contributed by atoms with E-state index >= 15 is 0 Å². The molecule has 1 saturated heterocycles. The molecule has 1 fully saturated rings. The van der Waals surface area contributed by atoms with Crippen LogP contribution < -0.4 is 20.9 Å². The molecule has 1 aromatic carbocycles. The number of nitrogens with one attached hydrogen (secondary N) is 2. The van der Waals surface area contributed by atoms with Gasteiger partial charge in [0.1, 0.15) is 35.5 Å². The summed E-state index contributed by atoms with van der Waals surface area (Å²) in [5, 5.41) is 13.4. The highest BCUT2D eigenvalue weighted by atomic mass is 35.5. The molecule has 216 valence electrons. The first kappa shape index (κ1) is 30.9. The summed E-state index contributed by atoms with van der Waals surface area (Å²) in [6, 6.07) is 6.63. The number of rotatable bonds is 11. The van der Waals surface area contributed by atoms with Gasteiger partial charge in [-0.1, -0.05) is 18.2 Å². The van der Waals surface area contributed by atoms with Gasteiger partial charge < -0.3 is 19.1 Å². The van der Waals surface area contributed by atoms with E-state index in [4.69, 9.17) is 30.1 Å². The molecule has 0 bridgehead atoms. The predicted octanol–water partition coefficient (Wildman–Crippen LogP) is 2.40. The van der Waals surface area contributed by atoms with E-state index in [1.54, 1.807) is 37.0 Å². The van der Waals surface area contributed by atoms with Gasteiger partial charge in [0.15, 0.2) is 6.23 Å². The number of nitrogens with zero attached hydrogens (tertiary/aromatic N) is 1. The fourth-order valence-corrected chi connectivity index (χ4v) is 5.78. The molecule has 2 aromatic rings. The summed E-state index contributed by atoms with van der Waals surface area (Å²) in [6.45, 7) is 4.45. The number of aliphatic hydroxyl groups excluding tert-OH is 1. The number of benzene rings is 1. The van der Waals surface area contributed by atoms with E-state index in [-0.39, 0.29) is 5.75 Å². The smallest absolute Gasteiger partial charge is 0.459 e. The number of alkyl halides is 2. The summed E-state index contributed by atoms with van der Waals surface area (Å²) in [5.41, 5.74) is -2.50. The second-order valence-electron chi connectivity index (χ2n) is 9.15. The maximum atomic E-state index is 14.2. The lowest BCUT2D eigenvalue weighted by Crippen LogP contribution is -2.48. The number of hydrogen-bond acceptors (Lipinski definition) is 9. The maximum Gasteiger partial charge on any atom is 0.459 e. The largest absolute Gasteiger partial charge is 0.462 e. The molecule has 3 N–H and O–H groups in total. The van der Waals surface area contributed by atoms with E-state index in [1.807, 2.05) is 0 Å². The average molecular weight is 596 g/mol. The number of halogens is 3. The zero-order chi connectivity index (χ0) is 29.1. The molecule has 16 heteroatoms. The van der Waals surface area contributed by atoms with Crippen molar-refractivity contribution in [2.45, 2.75) is 69.3 Å². The van der Waals surface area contributed by atoms with Crippen molar-refractivity contribution in [3.63, 3.8) is 0 Å². The average Bonchev–Trinajstić information content (AvgIpc) is 3.12. The molecule has 1 aromatic heterocycles. The second kappa shape index (κ2) is 12.3. The van der Waals surface area contributed by atoms with E-state index in [0.29, 0.717) is 10.8 Å². The van der Waals surface area contributed by atoms with Crippen LogP contribution in [0.3, 0.4) is 0 Å². The van der Waals surface area contributed by atoms with E-state index in [1.165, 1.54) is 26.0 Å². The highest BCUT2D eigenvalue weighted by Crippen LogP contribution is 2.50. The minimum absolute atomic E-state index is 0.0986. The summed E-state index contributed by atoms with van der Waals surface area (Å²) in [7, 11) is -4.45. The van der Waals surface area contributed by atoms with Crippen LogP contribution in [0.25, 0.3) is 0 Å². The SMILES string of the molecule is CC(C)OC(=O)[C@H](C)N[P@](=O)(Oc1ccccc1)O[C@@H](C)[C@H]1O[C@@H](n2cc(F)c(=O)[nH]c2=O)[C@@](Cl)(CF)C1O. The normalized spacial score (nSPS) is 26.1. The molecular weight excluding hydrogens is 567 g/mol. The molecule has 1 aliphatic heterocycles. The fourth-order valence-electron chi connectivity index (χ4n) is 3.80. The van der Waals surface area contributed by atoms with E-state index < -0.39 is 79.0 Å². The first-order valence-corrected chi connectivity index (χ1v) is 13.7. The number of esters is 1. The third-order valence-corrected chi connectivity index (χ3v) is 7.95. The minimum atomic E-state index is -4.45. The Labute approximate surface area is 226 Å². The quantitative estimate of drug-likeness (QED) is 0.200. The van der Waals surface area contributed by atoms with Gasteiger partial charge in [0.2, 0.25) is 5.82 Å². The van der Waals surface area contributed by atoms with Gasteiger partial charge in [-0.3, -0.25) is 23.7 Å². The molecule has 12 nitrogen and oxygen atoms in total. The molecular formula is C23H29ClF2N3O9P. The zero-order valence-electron chi connectivity index (χ0n) is 21.4. The number of H-pyrrole nitrogens is 1. The number of aromatic nitrogens is 2. The molecule has 1 aliphatic rings. The number of carbonyl (C=O) groups is 1. The van der Waals surface area contributed by atoms with Gasteiger partial charge in [-0.05, 0) is 39.8 Å². The fraction of sp³-hybridized carbons (Fsp3) is 0.522. The number of aliphatic hydroxyl groups is 1. The molecule has 0 aliphatic carbocycles. The van der Waals surface area contributed by atoms with Gasteiger partial charge in [-0.15, -0.1) is 11.6 Å². The third kappa shape index (κ3) is 6.94. The third-order valence-electron chi connectivity index (χ3n) is 5.67. The van der Waals surface area contributed by atoms with Crippen LogP contribution in [-0.4, -0.2) is 62.6 Å². The predicted molar refractivity (Wildman–Crippen MR) is 135 cm³/mol. The monoisotopic (exact) mass is 595 g/mol. The van der Waals surface area contributed by atoms with Crippen molar-refractivity contribution < 1.29 is 41.8 Å². The number of para-hydroxylation sites is 1. The molecule has 2 heterocycles. The maximum absolute atomic E-state index is 14.2. The first-order valence-electron chi connectivity index (χ1n) is 11.8. The summed E-state index contributed by atoms with van der Waals surface area (Å²) < 4.78 is 64.4. The van der Waals surface area contributed by atoms with Crippen LogP contribution in [-0.2, 0) is 23.4 Å². The first-order chi connectivity index (χ1) is 18.2. The van der Waals surface area contributed by atoms with Crippen molar-refractivity contribution in [1.29, 1.82) is 0 Å². The van der Waals surface area contributed by atoms with Crippen molar-refractivity contribution in [1.82, 2.24) is 14.6 Å². The van der Waals surface area contributed by atoms with E-state index in [2.05, 4.69) is 5.09 Å². The topological polar surface area (TPSA) is 158 Å². The Morgan fingerprint density at radius 2 is 1.92 bits per heavy atom. The van der Waals surface area contributed by atoms with Crippen LogP contribution in [0.15, 0.2) is 46.1 Å². The summed E-state index contributed by atoms with van der Waals surface area (Å²) in [5.74, 6) is -2.04. The summed E-state index contributed by atoms with van der Waals surface area (Å²) in [4.78, 5) is 35.5. The van der Waals surface area contributed by atoms with Crippen LogP contribution in [0.1, 0.15) is 33.9 Å². The van der Waals surface area contributed by atoms with Gasteiger partial charge in [0.25, 0.3) is 5.56 Å². The number of aromatic amines is 1. The lowest BCUT2D eigenvalue weighted by atomic mass is 9.97. The minimum Gasteiger partial charge on any atom is -0.462 e. The van der Waals surface area contributed by atoms with Crippen LogP contribution in [0, 0.1) is 5.82 Å². The Hall–Kier alpha value is -2.61. The van der Waals surface area contributed by atoms with Crippen LogP contribution >= 0.6 is 19.3 Å². The second-order valence-corrected chi connectivity index (χ2v) is 11.5. The molecule has 39 heavy (non-hydrogen) atoms. The van der Waals surface area contributed by atoms with Crippen molar-refractivity contribution in [3.8, 4) is 5.75 Å². The van der Waals surface area contributed by atoms with Crippen LogP contribution in [0.4, 0.5) is 8.78 Å². The molecule has 0 amide bonds. The van der Waals surface area contributed by atoms with Crippen molar-refractivity contribution in [3.05, 3.63) is 63.2 Å². The molecule has 0 radical (unpaired) electrons. The van der Waals surface area contributed by atoms with Crippen LogP contribution in [0.5, 0.6) is 5.75 Å². The molecule has 1 unspecified atom stereocenters. The van der Waals surface area contributed by atoms with Crippen molar-refractivity contribution in [2.75, 3.05) is 6.67 Å². The Kier molecular flexibility index (Phi) is 9.73. The van der Waals surface area contributed by atoms with Crippen molar-refractivity contribution in [2.24, 2.45) is 0 Å². The van der Waals surface area contributed by atoms with Crippen LogP contribution in [0.2, 0.25) is 0 Å². The Bertz CT molecular complexity index is 1330. The zero-order valence-corrected chi connectivity index (χ0v) is 23.0. The van der Waals surface area contributed by atoms with E-state index in [9.17, 15) is 32.8 Å². The molecule has 7 atom stereocenters. The standard InChI is InChI=1S/C23H29ClF2N3O9P/c1-12(2)35-20(32)13(3)28-39(34,38-15-8-6-5-7-9-15)37-14(4)17-18(30)23(24,11-25)21(36-17)29-10-16(26)19(31)27-22(29)33/h5-10,12-14,17-18,21,30H,11H2,1-4H3,(H,28,34)(H,27,31,33)/t13-,14-,17+,18?,21+,23+,39+/m0/s1. The van der Waals surface area contributed by atoms with Gasteiger partial charge in [-0.25, -0.2) is 13.8 Å². The molecule has 0 spiro atoms. The van der Waals surface area contributed by atoms with Gasteiger partial charge in [-0.2, -0.15) is 9.48 Å². The Morgan fingerprint density at radius 3 is 2.51 bits per heavy atom. The van der Waals surface area contributed by atoms with Gasteiger partial charge in [0, 0.05) is 0 Å². The number of carbonyl (C=O) groups excluding carboxylic acids is 1. The molecule has 3 rings (SSSR count). The van der Waals surface area contributed by atoms with Gasteiger partial charge >= 0.3 is 19.4 Å². The Morgan fingerprint density at radius 1 is 1.28 bits per heavy atom. The Balaban J connectivity index is 1.91. The lowest BCUT2D eigenvalue weighted by Gasteiger charge is -2.30. The highest BCUT2D eigenvalue weighted by Gasteiger charge is 2.59. The summed E-state index contributed by atoms with van der Waals surface area (Å²) in [6.07, 6.45) is -6.62. The lowest BCUT2D eigenvalue weighted by molar-refractivity contribution is -0.149. The highest BCUT2D eigenvalue weighted by molar-refractivity contribution is 7.52. The summed E-state index contributed by atoms with van der Waals surface area (Å²) >= 11 is 6.33. The number of ether oxygens (including phenoxy) is 2. The van der Waals surface area contributed by atoms with Gasteiger partial charge in [0.05, 0.1) is 18.4 Å². The van der Waals surface area contributed by atoms with Crippen molar-refractivity contribution >= 4 is 25.3 Å².